The van der Waals surface area contributed by atoms with Crippen molar-refractivity contribution in [3.05, 3.63) is 130 Å². The fraction of sp³-hybridized carbons (Fsp3) is 0. The topological polar surface area (TPSA) is 93.0 Å². The summed E-state index contributed by atoms with van der Waals surface area (Å²) in [5.41, 5.74) is 1.93. The van der Waals surface area contributed by atoms with Gasteiger partial charge >= 0.3 is 0 Å². The fourth-order valence-corrected chi connectivity index (χ4v) is 5.55. The molecular formula is C32H20N4O3S. The summed E-state index contributed by atoms with van der Waals surface area (Å²) in [6.07, 6.45) is 1.51. The van der Waals surface area contributed by atoms with Crippen molar-refractivity contribution < 1.29 is 14.3 Å². The van der Waals surface area contributed by atoms with Crippen molar-refractivity contribution in [2.45, 2.75) is 0 Å². The second-order valence-electron chi connectivity index (χ2n) is 9.14. The Morgan fingerprint density at radius 1 is 0.825 bits per heavy atom. The van der Waals surface area contributed by atoms with Crippen molar-refractivity contribution in [2.75, 3.05) is 0 Å². The van der Waals surface area contributed by atoms with E-state index in [2.05, 4.69) is 15.3 Å². The zero-order valence-electron chi connectivity index (χ0n) is 20.9. The lowest BCUT2D eigenvalue weighted by atomic mass is 10.0. The summed E-state index contributed by atoms with van der Waals surface area (Å²) in [5.74, 6) is -0.0331. The number of ketones is 1. The van der Waals surface area contributed by atoms with Gasteiger partial charge in [-0.2, -0.15) is 10.2 Å². The molecule has 192 valence electrons. The van der Waals surface area contributed by atoms with Crippen LogP contribution in [0.3, 0.4) is 0 Å². The minimum atomic E-state index is -0.341. The van der Waals surface area contributed by atoms with Gasteiger partial charge < -0.3 is 9.52 Å². The summed E-state index contributed by atoms with van der Waals surface area (Å²) in [5, 5.41) is 28.7. The van der Waals surface area contributed by atoms with E-state index in [-0.39, 0.29) is 22.3 Å². The number of phenols is 1. The van der Waals surface area contributed by atoms with E-state index >= 15 is 0 Å². The van der Waals surface area contributed by atoms with Crippen LogP contribution in [0.5, 0.6) is 5.75 Å². The van der Waals surface area contributed by atoms with Crippen LogP contribution in [-0.4, -0.2) is 26.9 Å². The maximum atomic E-state index is 13.6. The molecular weight excluding hydrogens is 520 g/mol. The number of furan rings is 1. The van der Waals surface area contributed by atoms with Crippen molar-refractivity contribution in [1.29, 1.82) is 0 Å². The second kappa shape index (κ2) is 9.76. The highest BCUT2D eigenvalue weighted by Gasteiger charge is 2.21. The molecule has 5 aromatic carbocycles. The van der Waals surface area contributed by atoms with Gasteiger partial charge in [-0.05, 0) is 51.9 Å². The Morgan fingerprint density at radius 2 is 1.52 bits per heavy atom. The minimum absolute atomic E-state index is 0.103. The highest BCUT2D eigenvalue weighted by Crippen LogP contribution is 2.29. The van der Waals surface area contributed by atoms with Crippen LogP contribution in [-0.2, 0) is 0 Å². The van der Waals surface area contributed by atoms with E-state index in [4.69, 9.17) is 4.42 Å². The third kappa shape index (κ3) is 4.16. The van der Waals surface area contributed by atoms with Gasteiger partial charge in [0, 0.05) is 10.9 Å². The number of phenolic OH excluding ortho intramolecular Hbond substituents is 1. The molecule has 0 atom stereocenters. The van der Waals surface area contributed by atoms with E-state index in [1.54, 1.807) is 16.8 Å². The molecule has 0 saturated heterocycles. The third-order valence-corrected chi connectivity index (χ3v) is 7.58. The first kappa shape index (κ1) is 23.8. The predicted molar refractivity (Wildman–Crippen MR) is 157 cm³/mol. The normalized spacial score (nSPS) is 12.2. The summed E-state index contributed by atoms with van der Waals surface area (Å²) in [6.45, 7) is 0. The Balaban J connectivity index is 1.32. The number of para-hydroxylation sites is 1. The molecule has 1 N–H and O–H groups in total. The molecule has 2 aromatic heterocycles. The van der Waals surface area contributed by atoms with E-state index < -0.39 is 0 Å². The summed E-state index contributed by atoms with van der Waals surface area (Å²) in [4.78, 5) is 14.0. The zero-order chi connectivity index (χ0) is 27.1. The first-order valence-corrected chi connectivity index (χ1v) is 13.4. The number of hydrogen-bond donors (Lipinski definition) is 1. The van der Waals surface area contributed by atoms with Gasteiger partial charge in [-0.1, -0.05) is 90.2 Å². The summed E-state index contributed by atoms with van der Waals surface area (Å²) < 4.78 is 7.54. The highest BCUT2D eigenvalue weighted by molar-refractivity contribution is 7.11. The molecule has 0 unspecified atom stereocenters. The number of carbonyl (C=O) groups is 1. The Labute approximate surface area is 231 Å². The largest absolute Gasteiger partial charge is 0.507 e. The van der Waals surface area contributed by atoms with Crippen LogP contribution in [0.4, 0.5) is 0 Å². The summed E-state index contributed by atoms with van der Waals surface area (Å²) >= 11 is 1.11. The zero-order valence-corrected chi connectivity index (χ0v) is 21.7. The van der Waals surface area contributed by atoms with Crippen molar-refractivity contribution >= 4 is 55.8 Å². The number of aromatic nitrogens is 2. The van der Waals surface area contributed by atoms with E-state index in [9.17, 15) is 9.90 Å². The fourth-order valence-electron chi connectivity index (χ4n) is 4.74. The predicted octanol–water partition coefficient (Wildman–Crippen LogP) is 6.86. The van der Waals surface area contributed by atoms with Gasteiger partial charge in [-0.3, -0.25) is 4.79 Å². The quantitative estimate of drug-likeness (QED) is 0.147. The lowest BCUT2D eigenvalue weighted by molar-refractivity contribution is 0.101. The smallest absolute Gasteiger partial charge is 0.258 e. The second-order valence-corrected chi connectivity index (χ2v) is 10.1. The molecule has 40 heavy (non-hydrogen) atoms. The van der Waals surface area contributed by atoms with Gasteiger partial charge in [-0.25, -0.2) is 4.68 Å². The maximum Gasteiger partial charge on any atom is 0.258 e. The minimum Gasteiger partial charge on any atom is -0.507 e. The molecule has 0 aliphatic rings. The monoisotopic (exact) mass is 540 g/mol. The van der Waals surface area contributed by atoms with Gasteiger partial charge in [0.2, 0.25) is 4.80 Å². The molecule has 0 bridgehead atoms. The van der Waals surface area contributed by atoms with Crippen LogP contribution >= 0.6 is 11.3 Å². The highest BCUT2D eigenvalue weighted by atomic mass is 32.1. The molecule has 0 aliphatic carbocycles. The lowest BCUT2D eigenvalue weighted by Gasteiger charge is -2.03. The molecule has 7 nitrogen and oxygen atoms in total. The van der Waals surface area contributed by atoms with Crippen LogP contribution in [0.25, 0.3) is 38.2 Å². The van der Waals surface area contributed by atoms with Gasteiger partial charge in [0.1, 0.15) is 11.3 Å². The molecule has 0 aliphatic heterocycles. The molecule has 7 rings (SSSR count). The number of carbonyl (C=O) groups excluding carboxylic acids is 1. The number of aromatic hydroxyl groups is 1. The molecule has 0 saturated carbocycles. The Morgan fingerprint density at radius 3 is 2.35 bits per heavy atom. The van der Waals surface area contributed by atoms with Crippen LogP contribution in [0.1, 0.15) is 21.1 Å². The van der Waals surface area contributed by atoms with Crippen molar-refractivity contribution in [1.82, 2.24) is 9.78 Å². The average Bonchev–Trinajstić information content (AvgIpc) is 3.64. The van der Waals surface area contributed by atoms with Crippen LogP contribution in [0.2, 0.25) is 0 Å². The molecule has 0 amide bonds. The number of benzene rings is 5. The van der Waals surface area contributed by atoms with E-state index in [0.29, 0.717) is 15.9 Å². The summed E-state index contributed by atoms with van der Waals surface area (Å²) in [7, 11) is 0. The van der Waals surface area contributed by atoms with Crippen LogP contribution < -0.4 is 4.80 Å². The van der Waals surface area contributed by atoms with Crippen LogP contribution in [0.15, 0.2) is 124 Å². The molecule has 0 fully saturated rings. The number of hydrogen-bond acceptors (Lipinski definition) is 7. The van der Waals surface area contributed by atoms with E-state index in [1.807, 2.05) is 97.1 Å². The van der Waals surface area contributed by atoms with Crippen LogP contribution in [0, 0.1) is 0 Å². The summed E-state index contributed by atoms with van der Waals surface area (Å²) in [6, 6.07) is 34.2. The molecule has 2 heterocycles. The third-order valence-electron chi connectivity index (χ3n) is 6.68. The molecule has 0 radical (unpaired) electrons. The van der Waals surface area contributed by atoms with Crippen molar-refractivity contribution in [3.63, 3.8) is 0 Å². The standard InChI is InChI=1S/C32H20N4O3S/c37-27-16-14-20-8-5-7-13-24(20)26(27)19-33-34-32-36(22-10-2-1-3-11-22)35-31(40-32)30(38)29-18-25-23-12-6-4-9-21(23)15-17-28(25)39-29/h1-19,37H/b33-19-,34-32-. The number of nitrogens with zero attached hydrogens (tertiary/aromatic N) is 4. The van der Waals surface area contributed by atoms with E-state index in [1.165, 1.54) is 6.21 Å². The van der Waals surface area contributed by atoms with Gasteiger partial charge in [-0.15, -0.1) is 5.10 Å². The van der Waals surface area contributed by atoms with Crippen molar-refractivity contribution in [2.24, 2.45) is 10.2 Å². The van der Waals surface area contributed by atoms with Gasteiger partial charge in [0.25, 0.3) is 5.78 Å². The number of fused-ring (bicyclic) bond motifs is 4. The molecule has 7 aromatic rings. The first-order valence-electron chi connectivity index (χ1n) is 12.5. The maximum absolute atomic E-state index is 13.6. The molecule has 0 spiro atoms. The Hall–Kier alpha value is -5.34. The molecule has 8 heteroatoms. The average molecular weight is 541 g/mol. The van der Waals surface area contributed by atoms with Gasteiger partial charge in [0.15, 0.2) is 10.8 Å². The van der Waals surface area contributed by atoms with E-state index in [0.717, 1.165) is 44.0 Å². The number of rotatable bonds is 5. The lowest BCUT2D eigenvalue weighted by Crippen LogP contribution is -2.14. The SMILES string of the molecule is O=C(c1cc2c(ccc3ccccc32)o1)c1nn(-c2ccccc2)/c(=N/N=C\c2c(O)ccc3ccccc23)s1. The first-order chi connectivity index (χ1) is 19.7. The van der Waals surface area contributed by atoms with Crippen molar-refractivity contribution in [3.8, 4) is 11.4 Å². The Kier molecular flexibility index (Phi) is 5.79. The Bertz CT molecular complexity index is 2160. The van der Waals surface area contributed by atoms with Gasteiger partial charge in [0.05, 0.1) is 11.9 Å².